The molecule has 1 N–H and O–H groups in total. The van der Waals surface area contributed by atoms with E-state index < -0.39 is 0 Å². The quantitative estimate of drug-likeness (QED) is 0.878. The summed E-state index contributed by atoms with van der Waals surface area (Å²) in [4.78, 5) is 18.6. The summed E-state index contributed by atoms with van der Waals surface area (Å²) in [6.45, 7) is 7.88. The number of aryl methyl sites for hydroxylation is 1. The van der Waals surface area contributed by atoms with Crippen LogP contribution >= 0.6 is 0 Å². The molecule has 2 fully saturated rings. The molecule has 5 nitrogen and oxygen atoms in total. The first-order valence-electron chi connectivity index (χ1n) is 8.71. The first-order valence-corrected chi connectivity index (χ1v) is 8.71. The molecule has 3 rings (SSSR count). The van der Waals surface area contributed by atoms with E-state index in [0.29, 0.717) is 5.92 Å². The Bertz CT molecular complexity index is 521. The van der Waals surface area contributed by atoms with Crippen molar-refractivity contribution in [2.45, 2.75) is 52.5 Å². The second kappa shape index (κ2) is 6.71. The molecule has 1 saturated heterocycles. The Balaban J connectivity index is 1.55. The molecular formula is C17H28N4O. The van der Waals surface area contributed by atoms with Crippen LogP contribution in [0, 0.1) is 18.8 Å². The van der Waals surface area contributed by atoms with E-state index in [1.165, 1.54) is 24.4 Å². The van der Waals surface area contributed by atoms with Crippen molar-refractivity contribution in [1.82, 2.24) is 19.8 Å². The van der Waals surface area contributed by atoms with Crippen molar-refractivity contribution in [3.8, 4) is 0 Å². The predicted octanol–water partition coefficient (Wildman–Crippen LogP) is 2.59. The standard InChI is InChI=1S/C17H28N4O/c1-3-7-18-17(22)20-8-6-15(11-20)9-16-19-10-13(2)21(16)12-14-4-5-14/h10,14-15H,3-9,11-12H2,1-2H3,(H,18,22). The lowest BCUT2D eigenvalue weighted by Crippen LogP contribution is -2.38. The van der Waals surface area contributed by atoms with Gasteiger partial charge >= 0.3 is 6.03 Å². The predicted molar refractivity (Wildman–Crippen MR) is 86.8 cm³/mol. The van der Waals surface area contributed by atoms with Crippen LogP contribution in [0.15, 0.2) is 6.20 Å². The molecule has 1 aliphatic carbocycles. The van der Waals surface area contributed by atoms with Gasteiger partial charge in [-0.1, -0.05) is 6.92 Å². The molecule has 1 aromatic rings. The van der Waals surface area contributed by atoms with Crippen LogP contribution in [0.4, 0.5) is 4.79 Å². The van der Waals surface area contributed by atoms with E-state index in [9.17, 15) is 4.79 Å². The highest BCUT2D eigenvalue weighted by Crippen LogP contribution is 2.32. The van der Waals surface area contributed by atoms with Gasteiger partial charge in [0.25, 0.3) is 0 Å². The van der Waals surface area contributed by atoms with Gasteiger partial charge in [-0.2, -0.15) is 0 Å². The van der Waals surface area contributed by atoms with Gasteiger partial charge in [0.05, 0.1) is 0 Å². The number of carbonyl (C=O) groups is 1. The fourth-order valence-corrected chi connectivity index (χ4v) is 3.27. The number of nitrogens with zero attached hydrogens (tertiary/aromatic N) is 3. The van der Waals surface area contributed by atoms with E-state index in [2.05, 4.69) is 28.7 Å². The SMILES string of the molecule is CCCNC(=O)N1CCC(Cc2ncc(C)n2CC2CC2)C1. The lowest BCUT2D eigenvalue weighted by Gasteiger charge is -2.17. The Morgan fingerprint density at radius 1 is 1.36 bits per heavy atom. The smallest absolute Gasteiger partial charge is 0.317 e. The number of aromatic nitrogens is 2. The summed E-state index contributed by atoms with van der Waals surface area (Å²) < 4.78 is 2.40. The molecule has 0 spiro atoms. The van der Waals surface area contributed by atoms with Crippen molar-refractivity contribution in [2.75, 3.05) is 19.6 Å². The molecule has 1 aromatic heterocycles. The van der Waals surface area contributed by atoms with E-state index in [-0.39, 0.29) is 6.03 Å². The molecule has 2 amide bonds. The van der Waals surface area contributed by atoms with Gasteiger partial charge in [0, 0.05) is 44.5 Å². The molecular weight excluding hydrogens is 276 g/mol. The summed E-state index contributed by atoms with van der Waals surface area (Å²) >= 11 is 0. The van der Waals surface area contributed by atoms with Gasteiger partial charge in [-0.25, -0.2) is 9.78 Å². The number of rotatable bonds is 6. The van der Waals surface area contributed by atoms with Crippen molar-refractivity contribution in [3.05, 3.63) is 17.7 Å². The van der Waals surface area contributed by atoms with Crippen molar-refractivity contribution in [1.29, 1.82) is 0 Å². The molecule has 1 aliphatic heterocycles. The Labute approximate surface area is 133 Å². The van der Waals surface area contributed by atoms with E-state index in [0.717, 1.165) is 51.4 Å². The number of nitrogens with one attached hydrogen (secondary N) is 1. The second-order valence-corrected chi connectivity index (χ2v) is 6.91. The molecule has 0 radical (unpaired) electrons. The molecule has 5 heteroatoms. The lowest BCUT2D eigenvalue weighted by atomic mass is 10.0. The Morgan fingerprint density at radius 2 is 2.18 bits per heavy atom. The minimum atomic E-state index is 0.0989. The van der Waals surface area contributed by atoms with Crippen LogP contribution in [0.25, 0.3) is 0 Å². The number of amides is 2. The van der Waals surface area contributed by atoms with Crippen molar-refractivity contribution >= 4 is 6.03 Å². The molecule has 0 bridgehead atoms. The Kier molecular flexibility index (Phi) is 4.69. The topological polar surface area (TPSA) is 50.2 Å². The number of hydrogen-bond donors (Lipinski definition) is 1. The van der Waals surface area contributed by atoms with Crippen LogP contribution in [-0.2, 0) is 13.0 Å². The summed E-state index contributed by atoms with van der Waals surface area (Å²) in [5.41, 5.74) is 1.28. The Hall–Kier alpha value is -1.52. The molecule has 0 aromatic carbocycles. The van der Waals surface area contributed by atoms with Gasteiger partial charge in [-0.15, -0.1) is 0 Å². The second-order valence-electron chi connectivity index (χ2n) is 6.91. The number of imidazole rings is 1. The molecule has 22 heavy (non-hydrogen) atoms. The van der Waals surface area contributed by atoms with E-state index in [1.807, 2.05) is 11.1 Å². The van der Waals surface area contributed by atoms with Gasteiger partial charge in [-0.3, -0.25) is 0 Å². The van der Waals surface area contributed by atoms with Gasteiger partial charge in [0.1, 0.15) is 5.82 Å². The normalized spacial score (nSPS) is 21.4. The number of hydrogen-bond acceptors (Lipinski definition) is 2. The maximum Gasteiger partial charge on any atom is 0.317 e. The third-order valence-corrected chi connectivity index (χ3v) is 4.85. The summed E-state index contributed by atoms with van der Waals surface area (Å²) in [6.07, 6.45) is 7.81. The highest BCUT2D eigenvalue weighted by atomic mass is 16.2. The van der Waals surface area contributed by atoms with Crippen molar-refractivity contribution in [3.63, 3.8) is 0 Å². The van der Waals surface area contributed by atoms with E-state index in [1.54, 1.807) is 0 Å². The maximum atomic E-state index is 12.0. The average molecular weight is 304 g/mol. The third-order valence-electron chi connectivity index (χ3n) is 4.85. The Morgan fingerprint density at radius 3 is 2.91 bits per heavy atom. The van der Waals surface area contributed by atoms with Crippen LogP contribution in [0.1, 0.15) is 44.1 Å². The zero-order chi connectivity index (χ0) is 15.5. The van der Waals surface area contributed by atoms with Crippen LogP contribution < -0.4 is 5.32 Å². The minimum absolute atomic E-state index is 0.0989. The largest absolute Gasteiger partial charge is 0.338 e. The fourth-order valence-electron chi connectivity index (χ4n) is 3.27. The highest BCUT2D eigenvalue weighted by molar-refractivity contribution is 5.74. The van der Waals surface area contributed by atoms with Gasteiger partial charge in [0.2, 0.25) is 0 Å². The zero-order valence-electron chi connectivity index (χ0n) is 13.8. The van der Waals surface area contributed by atoms with Gasteiger partial charge in [0.15, 0.2) is 0 Å². The first-order chi connectivity index (χ1) is 10.7. The number of urea groups is 1. The summed E-state index contributed by atoms with van der Waals surface area (Å²) in [5.74, 6) is 2.63. The number of likely N-dealkylation sites (tertiary alicyclic amines) is 1. The zero-order valence-corrected chi connectivity index (χ0v) is 13.8. The lowest BCUT2D eigenvalue weighted by molar-refractivity contribution is 0.207. The van der Waals surface area contributed by atoms with Crippen LogP contribution in [-0.4, -0.2) is 40.1 Å². The molecule has 1 saturated carbocycles. The van der Waals surface area contributed by atoms with E-state index >= 15 is 0 Å². The molecule has 2 heterocycles. The third kappa shape index (κ3) is 3.62. The molecule has 2 aliphatic rings. The minimum Gasteiger partial charge on any atom is -0.338 e. The van der Waals surface area contributed by atoms with E-state index in [4.69, 9.17) is 0 Å². The van der Waals surface area contributed by atoms with Gasteiger partial charge in [-0.05, 0) is 44.4 Å². The fraction of sp³-hybridized carbons (Fsp3) is 0.765. The average Bonchev–Trinajstić information content (AvgIpc) is 3.11. The monoisotopic (exact) mass is 304 g/mol. The molecule has 1 unspecified atom stereocenters. The first kappa shape index (κ1) is 15.4. The molecule has 122 valence electrons. The molecule has 1 atom stereocenters. The van der Waals surface area contributed by atoms with Crippen molar-refractivity contribution < 1.29 is 4.79 Å². The maximum absolute atomic E-state index is 12.0. The number of carbonyl (C=O) groups excluding carboxylic acids is 1. The summed E-state index contributed by atoms with van der Waals surface area (Å²) in [6, 6.07) is 0.0989. The van der Waals surface area contributed by atoms with Crippen LogP contribution in [0.2, 0.25) is 0 Å². The van der Waals surface area contributed by atoms with Crippen LogP contribution in [0.3, 0.4) is 0 Å². The van der Waals surface area contributed by atoms with Gasteiger partial charge < -0.3 is 14.8 Å². The van der Waals surface area contributed by atoms with Crippen molar-refractivity contribution in [2.24, 2.45) is 11.8 Å². The highest BCUT2D eigenvalue weighted by Gasteiger charge is 2.28. The summed E-state index contributed by atoms with van der Waals surface area (Å²) in [7, 11) is 0. The summed E-state index contributed by atoms with van der Waals surface area (Å²) in [5, 5.41) is 2.97. The van der Waals surface area contributed by atoms with Crippen LogP contribution in [0.5, 0.6) is 0 Å².